The molecule has 1 aliphatic heterocycles. The molecule has 0 aliphatic carbocycles. The number of benzene rings is 1. The molecule has 1 amide bonds. The van der Waals surface area contributed by atoms with E-state index in [2.05, 4.69) is 15.7 Å². The molecule has 1 saturated heterocycles. The predicted octanol–water partition coefficient (Wildman–Crippen LogP) is 3.57. The number of carbonyl (C=O) groups is 1. The van der Waals surface area contributed by atoms with Crippen LogP contribution >= 0.6 is 35.6 Å². The highest BCUT2D eigenvalue weighted by molar-refractivity contribution is 6.35. The summed E-state index contributed by atoms with van der Waals surface area (Å²) in [7, 11) is 0. The van der Waals surface area contributed by atoms with Gasteiger partial charge in [-0.1, -0.05) is 29.3 Å². The summed E-state index contributed by atoms with van der Waals surface area (Å²) in [5.74, 6) is -0.0359. The van der Waals surface area contributed by atoms with Gasteiger partial charge in [0.1, 0.15) is 5.54 Å². The highest BCUT2D eigenvalue weighted by Gasteiger charge is 2.42. The maximum atomic E-state index is 13.1. The highest BCUT2D eigenvalue weighted by Crippen LogP contribution is 2.30. The molecule has 0 spiro atoms. The molecule has 1 fully saturated rings. The minimum Gasteiger partial charge on any atom is -0.347 e. The van der Waals surface area contributed by atoms with Crippen molar-refractivity contribution in [1.29, 1.82) is 0 Å². The number of halogens is 3. The van der Waals surface area contributed by atoms with Gasteiger partial charge < -0.3 is 10.6 Å². The average molecular weight is 404 g/mol. The van der Waals surface area contributed by atoms with Crippen LogP contribution in [-0.2, 0) is 10.3 Å². The number of amides is 1. The van der Waals surface area contributed by atoms with Crippen LogP contribution in [0, 0.1) is 0 Å². The smallest absolute Gasteiger partial charge is 0.248 e. The number of hydrogen-bond donors (Lipinski definition) is 2. The van der Waals surface area contributed by atoms with Gasteiger partial charge in [-0.25, -0.2) is 0 Å². The predicted molar refractivity (Wildman–Crippen MR) is 103 cm³/mol. The normalized spacial score (nSPS) is 17.4. The van der Waals surface area contributed by atoms with Gasteiger partial charge in [0.25, 0.3) is 0 Å². The Hall–Kier alpha value is -1.27. The van der Waals surface area contributed by atoms with Gasteiger partial charge in [-0.3, -0.25) is 9.48 Å². The van der Waals surface area contributed by atoms with Gasteiger partial charge in [-0.15, -0.1) is 12.4 Å². The number of nitrogens with zero attached hydrogens (tertiary/aromatic N) is 2. The topological polar surface area (TPSA) is 59.0 Å². The maximum absolute atomic E-state index is 13.1. The minimum atomic E-state index is -0.665. The second kappa shape index (κ2) is 8.41. The monoisotopic (exact) mass is 402 g/mol. The lowest BCUT2D eigenvalue weighted by Crippen LogP contribution is -2.55. The van der Waals surface area contributed by atoms with Gasteiger partial charge in [0.15, 0.2) is 0 Å². The van der Waals surface area contributed by atoms with E-state index in [1.165, 1.54) is 0 Å². The van der Waals surface area contributed by atoms with Gasteiger partial charge >= 0.3 is 0 Å². The summed E-state index contributed by atoms with van der Waals surface area (Å²) >= 11 is 12.2. The van der Waals surface area contributed by atoms with Crippen LogP contribution in [0.4, 0.5) is 0 Å². The lowest BCUT2D eigenvalue weighted by atomic mass is 9.87. The first-order chi connectivity index (χ1) is 11.5. The highest BCUT2D eigenvalue weighted by atomic mass is 35.5. The molecule has 0 bridgehead atoms. The van der Waals surface area contributed by atoms with Crippen LogP contribution in [-0.4, -0.2) is 28.8 Å². The summed E-state index contributed by atoms with van der Waals surface area (Å²) in [5, 5.41) is 11.9. The summed E-state index contributed by atoms with van der Waals surface area (Å²) in [6, 6.07) is 6.94. The molecular formula is C17H21Cl3N4O. The van der Waals surface area contributed by atoms with Crippen molar-refractivity contribution in [3.8, 4) is 0 Å². The number of carbonyl (C=O) groups excluding carboxylic acids is 1. The number of piperidine rings is 1. The van der Waals surface area contributed by atoms with Crippen molar-refractivity contribution in [3.63, 3.8) is 0 Å². The Morgan fingerprint density at radius 1 is 1.36 bits per heavy atom. The molecule has 5 nitrogen and oxygen atoms in total. The maximum Gasteiger partial charge on any atom is 0.248 e. The quantitative estimate of drug-likeness (QED) is 0.820. The first-order valence-electron chi connectivity index (χ1n) is 8.00. The molecule has 0 radical (unpaired) electrons. The number of rotatable bonds is 4. The molecule has 25 heavy (non-hydrogen) atoms. The van der Waals surface area contributed by atoms with Crippen molar-refractivity contribution < 1.29 is 4.79 Å². The second-order valence-electron chi connectivity index (χ2n) is 6.09. The summed E-state index contributed by atoms with van der Waals surface area (Å²) < 4.78 is 1.78. The third kappa shape index (κ3) is 4.11. The fourth-order valence-electron chi connectivity index (χ4n) is 3.18. The number of nitrogens with one attached hydrogen (secondary N) is 2. The lowest BCUT2D eigenvalue weighted by Gasteiger charge is -2.37. The fourth-order valence-corrected chi connectivity index (χ4v) is 3.76. The first kappa shape index (κ1) is 20.0. The average Bonchev–Trinajstić information content (AvgIpc) is 3.10. The van der Waals surface area contributed by atoms with Gasteiger partial charge in [-0.2, -0.15) is 5.10 Å². The molecule has 1 aliphatic rings. The Bertz CT molecular complexity index is 715. The third-order valence-corrected chi connectivity index (χ3v) is 5.14. The molecule has 8 heteroatoms. The molecule has 1 unspecified atom stereocenters. The zero-order valence-electron chi connectivity index (χ0n) is 13.8. The van der Waals surface area contributed by atoms with Crippen LogP contribution < -0.4 is 10.6 Å². The molecule has 3 rings (SSSR count). The Balaban J connectivity index is 0.00000225. The Labute approximate surface area is 163 Å². The summed E-state index contributed by atoms with van der Waals surface area (Å²) in [6.07, 6.45) is 4.95. The fraction of sp³-hybridized carbons (Fsp3) is 0.412. The van der Waals surface area contributed by atoms with E-state index in [0.717, 1.165) is 18.7 Å². The first-order valence-corrected chi connectivity index (χ1v) is 8.75. The van der Waals surface area contributed by atoms with Crippen molar-refractivity contribution >= 4 is 41.5 Å². The van der Waals surface area contributed by atoms with Crippen LogP contribution in [0.2, 0.25) is 10.0 Å². The van der Waals surface area contributed by atoms with E-state index < -0.39 is 5.54 Å². The van der Waals surface area contributed by atoms with E-state index in [0.29, 0.717) is 22.9 Å². The van der Waals surface area contributed by atoms with Gasteiger partial charge in [-0.05, 0) is 56.6 Å². The van der Waals surface area contributed by atoms with Crippen LogP contribution in [0.15, 0.2) is 36.7 Å². The molecule has 2 N–H and O–H groups in total. The Morgan fingerprint density at radius 3 is 2.68 bits per heavy atom. The third-order valence-electron chi connectivity index (χ3n) is 4.57. The molecule has 1 aromatic carbocycles. The molecule has 136 valence electrons. The van der Waals surface area contributed by atoms with E-state index in [4.69, 9.17) is 23.2 Å². The van der Waals surface area contributed by atoms with Gasteiger partial charge in [0.2, 0.25) is 5.91 Å². The minimum absolute atomic E-state index is 0. The van der Waals surface area contributed by atoms with Crippen molar-refractivity contribution in [3.05, 3.63) is 52.3 Å². The van der Waals surface area contributed by atoms with Gasteiger partial charge in [0.05, 0.1) is 6.04 Å². The molecule has 2 heterocycles. The zero-order valence-corrected chi connectivity index (χ0v) is 16.2. The second-order valence-corrected chi connectivity index (χ2v) is 6.94. The lowest BCUT2D eigenvalue weighted by molar-refractivity contribution is -0.132. The van der Waals surface area contributed by atoms with E-state index in [1.807, 2.05) is 25.3 Å². The molecule has 1 aromatic heterocycles. The molecule has 1 atom stereocenters. The molecule has 2 aromatic rings. The summed E-state index contributed by atoms with van der Waals surface area (Å²) in [4.78, 5) is 13.1. The summed E-state index contributed by atoms with van der Waals surface area (Å²) in [6.45, 7) is 3.48. The van der Waals surface area contributed by atoms with Crippen LogP contribution in [0.5, 0.6) is 0 Å². The van der Waals surface area contributed by atoms with Crippen molar-refractivity contribution in [2.45, 2.75) is 31.3 Å². The molecular weight excluding hydrogens is 383 g/mol. The Kier molecular flexibility index (Phi) is 6.74. The van der Waals surface area contributed by atoms with Crippen molar-refractivity contribution in [1.82, 2.24) is 20.4 Å². The van der Waals surface area contributed by atoms with Crippen LogP contribution in [0.3, 0.4) is 0 Å². The zero-order chi connectivity index (χ0) is 17.2. The van der Waals surface area contributed by atoms with Crippen molar-refractivity contribution in [2.24, 2.45) is 0 Å². The SMILES string of the molecule is CC(NC(=O)C1(n2cccn2)CCNCC1)c1ccc(Cl)cc1Cl.Cl. The van der Waals surface area contributed by atoms with E-state index >= 15 is 0 Å². The van der Waals surface area contributed by atoms with E-state index in [-0.39, 0.29) is 24.4 Å². The van der Waals surface area contributed by atoms with Crippen molar-refractivity contribution in [2.75, 3.05) is 13.1 Å². The van der Waals surface area contributed by atoms with Gasteiger partial charge in [0, 0.05) is 22.4 Å². The number of aromatic nitrogens is 2. The van der Waals surface area contributed by atoms with Crippen LogP contribution in [0.1, 0.15) is 31.4 Å². The van der Waals surface area contributed by atoms with Crippen LogP contribution in [0.25, 0.3) is 0 Å². The van der Waals surface area contributed by atoms with E-state index in [1.54, 1.807) is 23.0 Å². The number of hydrogen-bond acceptors (Lipinski definition) is 3. The standard InChI is InChI=1S/C17H20Cl2N4O.ClH/c1-12(14-4-3-13(18)11-15(14)19)22-16(24)17(5-8-20-9-6-17)23-10-2-7-21-23;/h2-4,7,10-12,20H,5-6,8-9H2,1H3,(H,22,24);1H. The van der Waals surface area contributed by atoms with E-state index in [9.17, 15) is 4.79 Å². The largest absolute Gasteiger partial charge is 0.347 e. The molecule has 0 saturated carbocycles. The Morgan fingerprint density at radius 2 is 2.08 bits per heavy atom. The summed E-state index contributed by atoms with van der Waals surface area (Å²) in [5.41, 5.74) is 0.181.